The molecule has 2 rings (SSSR count). The number of halogens is 1. The van der Waals surface area contributed by atoms with E-state index in [9.17, 15) is 19.5 Å². The van der Waals surface area contributed by atoms with Gasteiger partial charge in [-0.25, -0.2) is 4.79 Å². The summed E-state index contributed by atoms with van der Waals surface area (Å²) in [4.78, 5) is 44.3. The number of carbonyl (C=O) groups excluding carboxylic acids is 2. The van der Waals surface area contributed by atoms with Crippen LogP contribution in [0.4, 0.5) is 10.5 Å². The van der Waals surface area contributed by atoms with Crippen molar-refractivity contribution < 1.29 is 29.0 Å². The average molecular weight is 594 g/mol. The van der Waals surface area contributed by atoms with E-state index in [2.05, 4.69) is 0 Å². The molecule has 0 heterocycles. The van der Waals surface area contributed by atoms with Crippen LogP contribution in [0.15, 0.2) is 54.6 Å². The lowest BCUT2D eigenvalue weighted by Gasteiger charge is -2.38. The molecule has 0 saturated carbocycles. The normalized spacial score (nSPS) is 12.4. The summed E-state index contributed by atoms with van der Waals surface area (Å²) < 4.78 is 11.3. The molecule has 2 aromatic rings. The van der Waals surface area contributed by atoms with Gasteiger partial charge in [-0.15, -0.1) is 0 Å². The van der Waals surface area contributed by atoms with Gasteiger partial charge in [0.2, 0.25) is 5.91 Å². The van der Waals surface area contributed by atoms with Gasteiger partial charge in [0.15, 0.2) is 6.29 Å². The van der Waals surface area contributed by atoms with Crippen LogP contribution in [0, 0.1) is 0 Å². The highest BCUT2D eigenvalue weighted by molar-refractivity contribution is 6.30. The van der Waals surface area contributed by atoms with Crippen LogP contribution >= 0.6 is 11.6 Å². The number of hydrogen-bond donors (Lipinski definition) is 3. The zero-order valence-electron chi connectivity index (χ0n) is 24.5. The highest BCUT2D eigenvalue weighted by Gasteiger charge is 2.39. The lowest BCUT2D eigenvalue weighted by atomic mass is 10.1. The van der Waals surface area contributed by atoms with Crippen LogP contribution in [-0.2, 0) is 25.6 Å². The molecule has 0 fully saturated rings. The molecule has 2 unspecified atom stereocenters. The van der Waals surface area contributed by atoms with Gasteiger partial charge in [-0.1, -0.05) is 41.9 Å². The van der Waals surface area contributed by atoms with E-state index in [0.29, 0.717) is 29.5 Å². The maximum atomic E-state index is 14.1. The molecule has 228 valence electrons. The van der Waals surface area contributed by atoms with Gasteiger partial charge in [0.05, 0.1) is 6.54 Å². The molecule has 2 atom stereocenters. The van der Waals surface area contributed by atoms with Crippen molar-refractivity contribution in [3.8, 4) is 0 Å². The first-order chi connectivity index (χ1) is 19.0. The van der Waals surface area contributed by atoms with Crippen LogP contribution in [0.3, 0.4) is 0 Å². The largest absolute Gasteiger partial charge is 0.465 e. The van der Waals surface area contributed by atoms with Crippen LogP contribution in [-0.4, -0.2) is 83.5 Å². The fraction of sp³-hybridized carbons (Fsp3) is 0.483. The van der Waals surface area contributed by atoms with Crippen LogP contribution in [0.1, 0.15) is 40.2 Å². The number of amides is 3. The van der Waals surface area contributed by atoms with E-state index >= 15 is 0 Å². The summed E-state index contributed by atoms with van der Waals surface area (Å²) in [6.45, 7) is 9.64. The smallest absolute Gasteiger partial charge is 0.408 e. The van der Waals surface area contributed by atoms with Gasteiger partial charge in [-0.2, -0.15) is 0 Å². The topological polar surface area (TPSA) is 161 Å². The molecule has 2 aromatic carbocycles. The summed E-state index contributed by atoms with van der Waals surface area (Å²) in [7, 11) is 0. The second-order valence-electron chi connectivity index (χ2n) is 9.43. The number of carbonyl (C=O) groups is 3. The molecule has 6 N–H and O–H groups in total. The van der Waals surface area contributed by atoms with E-state index in [1.807, 2.05) is 33.8 Å². The molecule has 0 aliphatic rings. The third-order valence-electron chi connectivity index (χ3n) is 6.37. The Labute approximate surface area is 247 Å². The van der Waals surface area contributed by atoms with Gasteiger partial charge in [0.1, 0.15) is 12.1 Å². The quantitative estimate of drug-likeness (QED) is 0.257. The lowest BCUT2D eigenvalue weighted by molar-refractivity contribution is -0.162. The molecule has 11 nitrogen and oxygen atoms in total. The molecular weight excluding hydrogens is 550 g/mol. The van der Waals surface area contributed by atoms with Crippen molar-refractivity contribution in [2.24, 2.45) is 5.73 Å². The number of anilines is 1. The zero-order chi connectivity index (χ0) is 29.8. The Kier molecular flexibility index (Phi) is 15.3. The monoisotopic (exact) mass is 593 g/mol. The maximum Gasteiger partial charge on any atom is 0.408 e. The van der Waals surface area contributed by atoms with E-state index in [4.69, 9.17) is 26.8 Å². The summed E-state index contributed by atoms with van der Waals surface area (Å²) in [5.74, 6) is -0.984. The van der Waals surface area contributed by atoms with Gasteiger partial charge in [0.25, 0.3) is 5.91 Å². The number of ether oxygens (including phenoxy) is 2. The third kappa shape index (κ3) is 9.98. The van der Waals surface area contributed by atoms with Crippen molar-refractivity contribution in [2.45, 2.75) is 65.6 Å². The van der Waals surface area contributed by atoms with Crippen LogP contribution in [0.5, 0.6) is 0 Å². The minimum absolute atomic E-state index is 0. The summed E-state index contributed by atoms with van der Waals surface area (Å²) in [6.07, 6.45) is -1.94. The molecule has 0 aliphatic heterocycles. The molecule has 0 bridgehead atoms. The standard InChI is InChI=1S/C29H41ClN4O6.H3N/c1-6-39-26(40-7-2)19-32(20(3)4)27(35)21(5)34(24-15-13-23(30)14-16-24)28(36)25(17-31)33(29(37)38)18-22-11-9-8-10-12-22;/h8-16,20-21,25-26H,6-7,17-19,31H2,1-5H3,(H,37,38);1H3. The van der Waals surface area contributed by atoms with E-state index in [0.717, 1.165) is 4.90 Å². The summed E-state index contributed by atoms with van der Waals surface area (Å²) in [6, 6.07) is 12.9. The van der Waals surface area contributed by atoms with Gasteiger partial charge >= 0.3 is 6.09 Å². The number of nitrogens with two attached hydrogens (primary N) is 1. The maximum absolute atomic E-state index is 14.1. The fourth-order valence-electron chi connectivity index (χ4n) is 4.35. The average Bonchev–Trinajstić information content (AvgIpc) is 2.92. The van der Waals surface area contributed by atoms with Crippen molar-refractivity contribution in [2.75, 3.05) is 31.2 Å². The molecular formula is C29H44ClN5O6. The summed E-state index contributed by atoms with van der Waals surface area (Å²) >= 11 is 6.11. The second kappa shape index (κ2) is 17.6. The van der Waals surface area contributed by atoms with Gasteiger partial charge in [0, 0.05) is 43.1 Å². The van der Waals surface area contributed by atoms with Crippen LogP contribution < -0.4 is 16.8 Å². The van der Waals surface area contributed by atoms with Crippen LogP contribution in [0.25, 0.3) is 0 Å². The Bertz CT molecular complexity index is 1080. The van der Waals surface area contributed by atoms with Crippen molar-refractivity contribution in [1.82, 2.24) is 16.0 Å². The van der Waals surface area contributed by atoms with Crippen molar-refractivity contribution in [3.63, 3.8) is 0 Å². The predicted molar refractivity (Wildman–Crippen MR) is 160 cm³/mol. The lowest BCUT2D eigenvalue weighted by Crippen LogP contribution is -2.59. The van der Waals surface area contributed by atoms with Gasteiger partial charge in [-0.3, -0.25) is 19.4 Å². The van der Waals surface area contributed by atoms with E-state index in [-0.39, 0.29) is 37.7 Å². The highest BCUT2D eigenvalue weighted by Crippen LogP contribution is 2.24. The third-order valence-corrected chi connectivity index (χ3v) is 6.62. The highest BCUT2D eigenvalue weighted by atomic mass is 35.5. The first-order valence-corrected chi connectivity index (χ1v) is 13.8. The SMILES string of the molecule is CCOC(CN(C(=O)C(C)N(C(=O)C(CN)N(Cc1ccccc1)C(=O)O)c1ccc(Cl)cc1)C(C)C)OCC.N. The fourth-order valence-corrected chi connectivity index (χ4v) is 4.47. The Hall–Kier alpha value is -3.22. The first kappa shape index (κ1) is 35.8. The van der Waals surface area contributed by atoms with E-state index < -0.39 is 30.4 Å². The molecule has 0 radical (unpaired) electrons. The number of rotatable bonds is 15. The molecule has 0 aliphatic carbocycles. The van der Waals surface area contributed by atoms with Gasteiger partial charge in [-0.05, 0) is 64.4 Å². The van der Waals surface area contributed by atoms with Gasteiger partial charge < -0.3 is 31.4 Å². The molecule has 0 aromatic heterocycles. The first-order valence-electron chi connectivity index (χ1n) is 13.4. The minimum atomic E-state index is -1.30. The minimum Gasteiger partial charge on any atom is -0.465 e. The number of benzene rings is 2. The Morgan fingerprint density at radius 3 is 1.93 bits per heavy atom. The molecule has 0 spiro atoms. The number of nitrogens with zero attached hydrogens (tertiary/aromatic N) is 3. The summed E-state index contributed by atoms with van der Waals surface area (Å²) in [5, 5.41) is 10.5. The molecule has 3 amide bonds. The Morgan fingerprint density at radius 2 is 1.46 bits per heavy atom. The Balaban J connectivity index is 0.00000840. The predicted octanol–water partition coefficient (Wildman–Crippen LogP) is 4.37. The second-order valence-corrected chi connectivity index (χ2v) is 9.87. The molecule has 12 heteroatoms. The Morgan fingerprint density at radius 1 is 0.902 bits per heavy atom. The van der Waals surface area contributed by atoms with Crippen molar-refractivity contribution in [1.29, 1.82) is 0 Å². The number of carboxylic acid groups (broad SMARTS) is 1. The van der Waals surface area contributed by atoms with E-state index in [1.54, 1.807) is 60.4 Å². The van der Waals surface area contributed by atoms with E-state index in [1.165, 1.54) is 4.90 Å². The molecule has 41 heavy (non-hydrogen) atoms. The zero-order valence-corrected chi connectivity index (χ0v) is 25.3. The summed E-state index contributed by atoms with van der Waals surface area (Å²) in [5.41, 5.74) is 7.10. The van der Waals surface area contributed by atoms with Crippen LogP contribution in [0.2, 0.25) is 5.02 Å². The number of hydrogen-bond acceptors (Lipinski definition) is 7. The van der Waals surface area contributed by atoms with Crippen molar-refractivity contribution in [3.05, 3.63) is 65.2 Å². The van der Waals surface area contributed by atoms with Crippen molar-refractivity contribution >= 4 is 35.2 Å². The molecule has 0 saturated heterocycles.